The van der Waals surface area contributed by atoms with E-state index in [0.29, 0.717) is 18.9 Å². The first-order chi connectivity index (χ1) is 8.80. The molecule has 5 nitrogen and oxygen atoms in total. The number of amides is 2. The van der Waals surface area contributed by atoms with Crippen molar-refractivity contribution < 1.29 is 9.59 Å². The zero-order chi connectivity index (χ0) is 14.6. The summed E-state index contributed by atoms with van der Waals surface area (Å²) >= 11 is 0. The summed E-state index contributed by atoms with van der Waals surface area (Å²) in [5.41, 5.74) is 5.99. The lowest BCUT2D eigenvalue weighted by Crippen LogP contribution is -2.51. The van der Waals surface area contributed by atoms with Crippen molar-refractivity contribution in [2.45, 2.75) is 46.1 Å². The number of rotatable bonds is 4. The molecule has 0 bridgehead atoms. The zero-order valence-corrected chi connectivity index (χ0v) is 12.5. The molecule has 1 aliphatic carbocycles. The maximum Gasteiger partial charge on any atom is 0.223 e. The molecule has 0 saturated heterocycles. The molecule has 0 aromatic heterocycles. The van der Waals surface area contributed by atoms with Crippen LogP contribution in [0.5, 0.6) is 0 Å². The third-order valence-electron chi connectivity index (χ3n) is 4.75. The van der Waals surface area contributed by atoms with E-state index in [1.807, 2.05) is 0 Å². The first kappa shape index (κ1) is 16.0. The molecule has 1 saturated carbocycles. The summed E-state index contributed by atoms with van der Waals surface area (Å²) in [6.45, 7) is 6.74. The second kappa shape index (κ2) is 6.37. The molecule has 1 rings (SSSR count). The molecule has 0 aliphatic heterocycles. The van der Waals surface area contributed by atoms with Crippen LogP contribution in [-0.4, -0.2) is 31.4 Å². The molecule has 0 heterocycles. The van der Waals surface area contributed by atoms with Crippen LogP contribution in [0.3, 0.4) is 0 Å². The molecule has 2 amide bonds. The van der Waals surface area contributed by atoms with Gasteiger partial charge < -0.3 is 16.4 Å². The molecule has 3 atom stereocenters. The predicted molar refractivity (Wildman–Crippen MR) is 75.3 cm³/mol. The van der Waals surface area contributed by atoms with Crippen LogP contribution in [0.1, 0.15) is 40.0 Å². The van der Waals surface area contributed by atoms with E-state index in [0.717, 1.165) is 12.8 Å². The topological polar surface area (TPSA) is 84.2 Å². The molecule has 4 N–H and O–H groups in total. The molecule has 1 fully saturated rings. The van der Waals surface area contributed by atoms with Crippen LogP contribution in [0, 0.1) is 17.3 Å². The highest BCUT2D eigenvalue weighted by atomic mass is 16.2. The molecule has 0 spiro atoms. The van der Waals surface area contributed by atoms with E-state index in [1.54, 1.807) is 7.05 Å². The maximum absolute atomic E-state index is 12.3. The van der Waals surface area contributed by atoms with Crippen molar-refractivity contribution in [3.05, 3.63) is 0 Å². The quantitative estimate of drug-likeness (QED) is 0.700. The summed E-state index contributed by atoms with van der Waals surface area (Å²) in [4.78, 5) is 23.4. The normalized spacial score (nSPS) is 29.6. The highest BCUT2D eigenvalue weighted by Crippen LogP contribution is 2.44. The van der Waals surface area contributed by atoms with Crippen molar-refractivity contribution in [2.24, 2.45) is 23.0 Å². The lowest BCUT2D eigenvalue weighted by Gasteiger charge is -2.46. The molecular weight excluding hydrogens is 242 g/mol. The van der Waals surface area contributed by atoms with E-state index >= 15 is 0 Å². The van der Waals surface area contributed by atoms with Gasteiger partial charge in [0.2, 0.25) is 11.8 Å². The number of hydrogen-bond donors (Lipinski definition) is 3. The summed E-state index contributed by atoms with van der Waals surface area (Å²) < 4.78 is 0. The minimum Gasteiger partial charge on any atom is -0.359 e. The molecule has 3 unspecified atom stereocenters. The van der Waals surface area contributed by atoms with E-state index in [9.17, 15) is 9.59 Å². The fourth-order valence-electron chi connectivity index (χ4n) is 2.87. The fourth-order valence-corrected chi connectivity index (χ4v) is 2.87. The second-order valence-electron chi connectivity index (χ2n) is 6.12. The summed E-state index contributed by atoms with van der Waals surface area (Å²) in [5, 5.41) is 5.41. The number of carbonyl (C=O) groups excluding carboxylic acids is 2. The first-order valence-corrected chi connectivity index (χ1v) is 7.04. The van der Waals surface area contributed by atoms with Gasteiger partial charge in [-0.05, 0) is 24.2 Å². The van der Waals surface area contributed by atoms with Crippen molar-refractivity contribution in [3.63, 3.8) is 0 Å². The SMILES string of the molecule is CNC(=O)CCNC(=O)C1CCC(N)C(C)C1(C)C. The van der Waals surface area contributed by atoms with Gasteiger partial charge in [-0.25, -0.2) is 0 Å². The van der Waals surface area contributed by atoms with Gasteiger partial charge in [0.15, 0.2) is 0 Å². The van der Waals surface area contributed by atoms with Crippen molar-refractivity contribution in [1.82, 2.24) is 10.6 Å². The Bertz CT molecular complexity index is 342. The molecule has 0 aromatic carbocycles. The van der Waals surface area contributed by atoms with Gasteiger partial charge in [-0.15, -0.1) is 0 Å². The highest BCUT2D eigenvalue weighted by Gasteiger charge is 2.44. The Morgan fingerprint density at radius 2 is 1.95 bits per heavy atom. The Morgan fingerprint density at radius 3 is 2.53 bits per heavy atom. The van der Waals surface area contributed by atoms with Crippen molar-refractivity contribution in [1.29, 1.82) is 0 Å². The average molecular weight is 269 g/mol. The molecular formula is C14H27N3O2. The fraction of sp³-hybridized carbons (Fsp3) is 0.857. The minimum atomic E-state index is -0.102. The largest absolute Gasteiger partial charge is 0.359 e. The molecule has 19 heavy (non-hydrogen) atoms. The Labute approximate surface area is 115 Å². The van der Waals surface area contributed by atoms with Crippen LogP contribution in [-0.2, 0) is 9.59 Å². The van der Waals surface area contributed by atoms with Gasteiger partial charge in [0, 0.05) is 32.0 Å². The Hall–Kier alpha value is -1.10. The van der Waals surface area contributed by atoms with Crippen LogP contribution in [0.15, 0.2) is 0 Å². The standard InChI is InChI=1S/C14H27N3O2/c1-9-11(15)6-5-10(14(9,2)3)13(19)17-8-7-12(18)16-4/h9-11H,5-8,15H2,1-4H3,(H,16,18)(H,17,19). The number of nitrogens with two attached hydrogens (primary N) is 1. The number of hydrogen-bond acceptors (Lipinski definition) is 3. The van der Waals surface area contributed by atoms with E-state index in [2.05, 4.69) is 31.4 Å². The van der Waals surface area contributed by atoms with Crippen LogP contribution in [0.4, 0.5) is 0 Å². The van der Waals surface area contributed by atoms with E-state index in [-0.39, 0.29) is 29.2 Å². The van der Waals surface area contributed by atoms with Gasteiger partial charge in [-0.3, -0.25) is 9.59 Å². The number of carbonyl (C=O) groups is 2. The Balaban J connectivity index is 2.54. The second-order valence-corrected chi connectivity index (χ2v) is 6.12. The third kappa shape index (κ3) is 3.69. The lowest BCUT2D eigenvalue weighted by atomic mass is 9.61. The molecule has 1 aliphatic rings. The van der Waals surface area contributed by atoms with Gasteiger partial charge in [-0.2, -0.15) is 0 Å². The average Bonchev–Trinajstić information content (AvgIpc) is 2.35. The van der Waals surface area contributed by atoms with Crippen molar-refractivity contribution in [3.8, 4) is 0 Å². The van der Waals surface area contributed by atoms with Gasteiger partial charge in [0.05, 0.1) is 0 Å². The highest BCUT2D eigenvalue weighted by molar-refractivity contribution is 5.81. The molecule has 5 heteroatoms. The maximum atomic E-state index is 12.3. The van der Waals surface area contributed by atoms with E-state index < -0.39 is 0 Å². The smallest absolute Gasteiger partial charge is 0.223 e. The lowest BCUT2D eigenvalue weighted by molar-refractivity contribution is -0.132. The number of nitrogens with one attached hydrogen (secondary N) is 2. The monoisotopic (exact) mass is 269 g/mol. The van der Waals surface area contributed by atoms with Gasteiger partial charge >= 0.3 is 0 Å². The summed E-state index contributed by atoms with van der Waals surface area (Å²) in [5.74, 6) is 0.286. The summed E-state index contributed by atoms with van der Waals surface area (Å²) in [6.07, 6.45) is 2.03. The summed E-state index contributed by atoms with van der Waals surface area (Å²) in [7, 11) is 1.59. The van der Waals surface area contributed by atoms with Gasteiger partial charge in [0.1, 0.15) is 0 Å². The Kier molecular flexibility index (Phi) is 5.35. The van der Waals surface area contributed by atoms with Crippen LogP contribution < -0.4 is 16.4 Å². The Morgan fingerprint density at radius 1 is 1.32 bits per heavy atom. The van der Waals surface area contributed by atoms with Gasteiger partial charge in [0.25, 0.3) is 0 Å². The first-order valence-electron chi connectivity index (χ1n) is 7.04. The molecule has 0 aromatic rings. The van der Waals surface area contributed by atoms with Gasteiger partial charge in [-0.1, -0.05) is 20.8 Å². The van der Waals surface area contributed by atoms with Crippen LogP contribution >= 0.6 is 0 Å². The minimum absolute atomic E-state index is 0.0213. The van der Waals surface area contributed by atoms with Crippen LogP contribution in [0.25, 0.3) is 0 Å². The van der Waals surface area contributed by atoms with E-state index in [4.69, 9.17) is 5.73 Å². The third-order valence-corrected chi connectivity index (χ3v) is 4.75. The molecule has 110 valence electrons. The van der Waals surface area contributed by atoms with Crippen molar-refractivity contribution in [2.75, 3.05) is 13.6 Å². The van der Waals surface area contributed by atoms with Crippen molar-refractivity contribution >= 4 is 11.8 Å². The summed E-state index contributed by atoms with van der Waals surface area (Å²) in [6, 6.07) is 0.171. The van der Waals surface area contributed by atoms with Crippen LogP contribution in [0.2, 0.25) is 0 Å². The molecule has 0 radical (unpaired) electrons. The predicted octanol–water partition coefficient (Wildman–Crippen LogP) is 0.638. The zero-order valence-electron chi connectivity index (χ0n) is 12.5. The van der Waals surface area contributed by atoms with E-state index in [1.165, 1.54) is 0 Å².